The number of allylic oxidation sites excluding steroid dienone is 2. The second kappa shape index (κ2) is 6.14. The Morgan fingerprint density at radius 1 is 1.29 bits per heavy atom. The van der Waals surface area contributed by atoms with Crippen LogP contribution < -0.4 is 10.6 Å². The smallest absolute Gasteiger partial charge is 0.328 e. The molecule has 2 aromatic heterocycles. The molecule has 3 heterocycles. The van der Waals surface area contributed by atoms with E-state index in [9.17, 15) is 9.90 Å². The molecule has 1 saturated carbocycles. The Labute approximate surface area is 139 Å². The first kappa shape index (κ1) is 15.0. The molecule has 2 N–H and O–H groups in total. The van der Waals surface area contributed by atoms with Crippen molar-refractivity contribution in [2.45, 2.75) is 38.6 Å². The number of fused-ring (bicyclic) bond motifs is 1. The molecule has 1 aliphatic heterocycles. The average Bonchev–Trinajstić information content (AvgIpc) is 2.91. The summed E-state index contributed by atoms with van der Waals surface area (Å²) in [6.45, 7) is 1.21. The van der Waals surface area contributed by atoms with Gasteiger partial charge in [-0.3, -0.25) is 14.5 Å². The number of aliphatic hydroxyl groups excluding tert-OH is 1. The van der Waals surface area contributed by atoms with Crippen LogP contribution in [0, 0.1) is 5.92 Å². The monoisotopic (exact) mass is 327 g/mol. The maximum atomic E-state index is 12.3. The third-order valence-electron chi connectivity index (χ3n) is 4.86. The van der Waals surface area contributed by atoms with Crippen LogP contribution in [0.4, 0.5) is 5.82 Å². The van der Waals surface area contributed by atoms with Gasteiger partial charge < -0.3 is 5.11 Å². The molecule has 2 aliphatic rings. The molecule has 126 valence electrons. The van der Waals surface area contributed by atoms with Crippen molar-refractivity contribution < 1.29 is 5.11 Å². The minimum atomic E-state index is -0.161. The van der Waals surface area contributed by atoms with E-state index in [1.54, 1.807) is 27.8 Å². The second-order valence-corrected chi connectivity index (χ2v) is 6.51. The fourth-order valence-corrected chi connectivity index (χ4v) is 3.55. The SMILES string of the molecule is O=c1[nH]c2ncc(N3CC=CC=C3O)nc2n1CC1CCCCC1. The number of aliphatic hydroxyl groups is 1. The van der Waals surface area contributed by atoms with Crippen LogP contribution >= 0.6 is 0 Å². The number of H-pyrrole nitrogens is 1. The first-order valence-corrected chi connectivity index (χ1v) is 8.51. The van der Waals surface area contributed by atoms with E-state index in [-0.39, 0.29) is 11.6 Å². The highest BCUT2D eigenvalue weighted by Gasteiger charge is 2.20. The molecule has 4 rings (SSSR count). The van der Waals surface area contributed by atoms with E-state index in [4.69, 9.17) is 0 Å². The quantitative estimate of drug-likeness (QED) is 0.904. The maximum Gasteiger partial charge on any atom is 0.328 e. The summed E-state index contributed by atoms with van der Waals surface area (Å²) in [5.41, 5.74) is 0.895. The van der Waals surface area contributed by atoms with Gasteiger partial charge in [-0.1, -0.05) is 31.4 Å². The molecule has 1 fully saturated rings. The lowest BCUT2D eigenvalue weighted by Crippen LogP contribution is -2.26. The van der Waals surface area contributed by atoms with Gasteiger partial charge in [0.05, 0.1) is 6.20 Å². The van der Waals surface area contributed by atoms with Crippen LogP contribution in [0.3, 0.4) is 0 Å². The molecule has 7 heteroatoms. The highest BCUT2D eigenvalue weighted by atomic mass is 16.3. The highest BCUT2D eigenvalue weighted by Crippen LogP contribution is 2.26. The first-order valence-electron chi connectivity index (χ1n) is 8.51. The van der Waals surface area contributed by atoms with Crippen molar-refractivity contribution in [1.29, 1.82) is 0 Å². The highest BCUT2D eigenvalue weighted by molar-refractivity contribution is 5.68. The van der Waals surface area contributed by atoms with Crippen molar-refractivity contribution in [3.05, 3.63) is 40.8 Å². The van der Waals surface area contributed by atoms with Crippen LogP contribution in [-0.4, -0.2) is 31.2 Å². The lowest BCUT2D eigenvalue weighted by atomic mass is 9.89. The number of aromatic amines is 1. The number of rotatable bonds is 3. The molecule has 24 heavy (non-hydrogen) atoms. The summed E-state index contributed by atoms with van der Waals surface area (Å²) in [4.78, 5) is 25.7. The Bertz CT molecular complexity index is 857. The fourth-order valence-electron chi connectivity index (χ4n) is 3.55. The summed E-state index contributed by atoms with van der Waals surface area (Å²) in [5.74, 6) is 1.19. The molecule has 0 aromatic carbocycles. The summed E-state index contributed by atoms with van der Waals surface area (Å²) in [6, 6.07) is 0. The number of hydrogen-bond acceptors (Lipinski definition) is 5. The van der Waals surface area contributed by atoms with Gasteiger partial charge in [0.25, 0.3) is 0 Å². The number of imidazole rings is 1. The van der Waals surface area contributed by atoms with Crippen LogP contribution in [0.5, 0.6) is 0 Å². The lowest BCUT2D eigenvalue weighted by Gasteiger charge is -2.23. The Morgan fingerprint density at radius 2 is 2.12 bits per heavy atom. The molecule has 0 unspecified atom stereocenters. The summed E-state index contributed by atoms with van der Waals surface area (Å²) in [6.07, 6.45) is 13.0. The van der Waals surface area contributed by atoms with Crippen molar-refractivity contribution in [2.24, 2.45) is 5.92 Å². The van der Waals surface area contributed by atoms with Gasteiger partial charge in [0.2, 0.25) is 0 Å². The third-order valence-corrected chi connectivity index (χ3v) is 4.86. The average molecular weight is 327 g/mol. The molecular weight excluding hydrogens is 306 g/mol. The number of nitrogens with zero attached hydrogens (tertiary/aromatic N) is 4. The van der Waals surface area contributed by atoms with Gasteiger partial charge in [-0.15, -0.1) is 0 Å². The number of anilines is 1. The van der Waals surface area contributed by atoms with Gasteiger partial charge in [0.15, 0.2) is 23.0 Å². The minimum absolute atomic E-state index is 0.128. The summed E-state index contributed by atoms with van der Waals surface area (Å²) in [7, 11) is 0. The predicted octanol–water partition coefficient (Wildman–Crippen LogP) is 2.48. The van der Waals surface area contributed by atoms with E-state index >= 15 is 0 Å². The molecule has 0 atom stereocenters. The van der Waals surface area contributed by atoms with Crippen LogP contribution in [0.25, 0.3) is 11.3 Å². The molecule has 0 radical (unpaired) electrons. The fraction of sp³-hybridized carbons (Fsp3) is 0.471. The van der Waals surface area contributed by atoms with E-state index < -0.39 is 0 Å². The Morgan fingerprint density at radius 3 is 2.92 bits per heavy atom. The van der Waals surface area contributed by atoms with E-state index in [0.717, 1.165) is 12.8 Å². The topological polar surface area (TPSA) is 87.0 Å². The van der Waals surface area contributed by atoms with Gasteiger partial charge in [-0.05, 0) is 24.8 Å². The summed E-state index contributed by atoms with van der Waals surface area (Å²) >= 11 is 0. The Hall–Kier alpha value is -2.57. The second-order valence-electron chi connectivity index (χ2n) is 6.51. The molecule has 0 spiro atoms. The van der Waals surface area contributed by atoms with Gasteiger partial charge in [-0.25, -0.2) is 14.8 Å². The molecule has 0 bridgehead atoms. The van der Waals surface area contributed by atoms with E-state index in [2.05, 4.69) is 15.0 Å². The number of aromatic nitrogens is 4. The zero-order valence-corrected chi connectivity index (χ0v) is 13.5. The molecular formula is C17H21N5O2. The minimum Gasteiger partial charge on any atom is -0.494 e. The molecule has 1 aliphatic carbocycles. The number of nitrogens with one attached hydrogen (secondary N) is 1. The van der Waals surface area contributed by atoms with Crippen LogP contribution in [0.2, 0.25) is 0 Å². The van der Waals surface area contributed by atoms with Crippen LogP contribution in [0.15, 0.2) is 35.1 Å². The molecule has 7 nitrogen and oxygen atoms in total. The molecule has 2 aromatic rings. The summed E-state index contributed by atoms with van der Waals surface area (Å²) in [5, 5.41) is 10.0. The van der Waals surface area contributed by atoms with E-state index in [1.165, 1.54) is 19.3 Å². The van der Waals surface area contributed by atoms with Crippen molar-refractivity contribution in [1.82, 2.24) is 19.5 Å². The van der Waals surface area contributed by atoms with Crippen LogP contribution in [-0.2, 0) is 6.54 Å². The third kappa shape index (κ3) is 2.70. The number of hydrogen-bond donors (Lipinski definition) is 2. The van der Waals surface area contributed by atoms with Crippen molar-refractivity contribution in [3.63, 3.8) is 0 Å². The van der Waals surface area contributed by atoms with Gasteiger partial charge in [0.1, 0.15) is 0 Å². The first-order chi connectivity index (χ1) is 11.7. The zero-order chi connectivity index (χ0) is 16.5. The predicted molar refractivity (Wildman–Crippen MR) is 91.9 cm³/mol. The maximum absolute atomic E-state index is 12.3. The summed E-state index contributed by atoms with van der Waals surface area (Å²) < 4.78 is 1.70. The Kier molecular flexibility index (Phi) is 3.84. The lowest BCUT2D eigenvalue weighted by molar-refractivity contribution is 0.319. The largest absolute Gasteiger partial charge is 0.494 e. The van der Waals surface area contributed by atoms with Crippen molar-refractivity contribution >= 4 is 17.1 Å². The Balaban J connectivity index is 1.70. The standard InChI is InChI=1S/C17H21N5O2/c23-14-8-4-5-9-21(14)13-10-18-15-16(19-13)22(17(24)20-15)11-12-6-2-1-3-7-12/h4-5,8,10,12,23H,1-3,6-7,9,11H2,(H,18,20,24). The van der Waals surface area contributed by atoms with Gasteiger partial charge >= 0.3 is 5.69 Å². The van der Waals surface area contributed by atoms with Crippen molar-refractivity contribution in [2.75, 3.05) is 11.4 Å². The zero-order valence-electron chi connectivity index (χ0n) is 13.5. The van der Waals surface area contributed by atoms with E-state index in [0.29, 0.717) is 36.1 Å². The van der Waals surface area contributed by atoms with Crippen molar-refractivity contribution in [3.8, 4) is 0 Å². The van der Waals surface area contributed by atoms with Gasteiger partial charge in [0, 0.05) is 13.1 Å². The normalized spacial score (nSPS) is 19.0. The van der Waals surface area contributed by atoms with Crippen LogP contribution in [0.1, 0.15) is 32.1 Å². The van der Waals surface area contributed by atoms with E-state index in [1.807, 2.05) is 6.08 Å². The van der Waals surface area contributed by atoms with Gasteiger partial charge in [-0.2, -0.15) is 0 Å². The molecule has 0 saturated heterocycles. The molecule has 0 amide bonds.